The van der Waals surface area contributed by atoms with Gasteiger partial charge in [0.2, 0.25) is 5.95 Å². The van der Waals surface area contributed by atoms with E-state index in [9.17, 15) is 5.11 Å². The van der Waals surface area contributed by atoms with Crippen LogP contribution in [0, 0.1) is 0 Å². The molecule has 2 heterocycles. The largest absolute Gasteiger partial charge is 0.472 e. The van der Waals surface area contributed by atoms with Gasteiger partial charge < -0.3 is 14.4 Å². The molecule has 23 heavy (non-hydrogen) atoms. The van der Waals surface area contributed by atoms with E-state index in [1.165, 1.54) is 0 Å². The highest BCUT2D eigenvalue weighted by molar-refractivity contribution is 5.58. The Morgan fingerprint density at radius 3 is 2.65 bits per heavy atom. The third-order valence-corrected chi connectivity index (χ3v) is 3.74. The Morgan fingerprint density at radius 1 is 1.17 bits per heavy atom. The molecule has 0 aliphatic heterocycles. The molecule has 0 amide bonds. The van der Waals surface area contributed by atoms with E-state index in [0.717, 1.165) is 16.8 Å². The Balaban J connectivity index is 1.81. The first-order valence-corrected chi connectivity index (χ1v) is 7.41. The summed E-state index contributed by atoms with van der Waals surface area (Å²) in [6.45, 7) is 2.17. The quantitative estimate of drug-likeness (QED) is 0.784. The summed E-state index contributed by atoms with van der Waals surface area (Å²) in [5, 5.41) is 10.8. The van der Waals surface area contributed by atoms with Crippen LogP contribution in [-0.4, -0.2) is 28.7 Å². The molecule has 0 fully saturated rings. The summed E-state index contributed by atoms with van der Waals surface area (Å²) in [5.41, 5.74) is 1.55. The number of likely N-dealkylation sites (N-methyl/N-ethyl adjacent to an activating group) is 1. The van der Waals surface area contributed by atoms with Crippen LogP contribution in [0.25, 0.3) is 11.3 Å². The van der Waals surface area contributed by atoms with Crippen molar-refractivity contribution in [2.75, 3.05) is 18.5 Å². The molecule has 1 atom stereocenters. The highest BCUT2D eigenvalue weighted by Gasteiger charge is 2.25. The number of rotatable bonds is 5. The van der Waals surface area contributed by atoms with Gasteiger partial charge in [-0.25, -0.2) is 9.97 Å². The molecule has 5 nitrogen and oxygen atoms in total. The topological polar surface area (TPSA) is 62.4 Å². The van der Waals surface area contributed by atoms with E-state index in [1.807, 2.05) is 54.4 Å². The lowest BCUT2D eigenvalue weighted by Crippen LogP contribution is -2.37. The molecule has 118 valence electrons. The van der Waals surface area contributed by atoms with Crippen LogP contribution in [0.15, 0.2) is 65.6 Å². The van der Waals surface area contributed by atoms with Crippen molar-refractivity contribution in [2.24, 2.45) is 0 Å². The second-order valence-corrected chi connectivity index (χ2v) is 5.75. The molecule has 1 aromatic carbocycles. The first-order valence-electron chi connectivity index (χ1n) is 7.41. The average molecular weight is 309 g/mol. The first kappa shape index (κ1) is 15.2. The second-order valence-electron chi connectivity index (χ2n) is 5.75. The molecule has 0 spiro atoms. The fourth-order valence-electron chi connectivity index (χ4n) is 2.52. The number of hydrogen-bond donors (Lipinski definition) is 1. The molecule has 5 heteroatoms. The van der Waals surface area contributed by atoms with Crippen molar-refractivity contribution < 1.29 is 9.52 Å². The van der Waals surface area contributed by atoms with E-state index in [2.05, 4.69) is 9.97 Å². The highest BCUT2D eigenvalue weighted by Crippen LogP contribution is 2.24. The van der Waals surface area contributed by atoms with Gasteiger partial charge in [0.15, 0.2) is 0 Å². The van der Waals surface area contributed by atoms with Gasteiger partial charge in [-0.15, -0.1) is 0 Å². The maximum absolute atomic E-state index is 10.8. The summed E-state index contributed by atoms with van der Waals surface area (Å²) in [4.78, 5) is 10.7. The highest BCUT2D eigenvalue weighted by atomic mass is 16.3. The number of aliphatic hydroxyl groups is 1. The van der Waals surface area contributed by atoms with Crippen molar-refractivity contribution >= 4 is 5.95 Å². The number of aromatic nitrogens is 2. The van der Waals surface area contributed by atoms with Crippen LogP contribution in [0.3, 0.4) is 0 Å². The smallest absolute Gasteiger partial charge is 0.225 e. The van der Waals surface area contributed by atoms with Gasteiger partial charge in [0.05, 0.1) is 24.8 Å². The van der Waals surface area contributed by atoms with Crippen molar-refractivity contribution in [3.05, 3.63) is 66.8 Å². The van der Waals surface area contributed by atoms with Crippen LogP contribution in [0.2, 0.25) is 0 Å². The van der Waals surface area contributed by atoms with Gasteiger partial charge in [0.25, 0.3) is 0 Å². The van der Waals surface area contributed by atoms with Gasteiger partial charge in [-0.05, 0) is 24.6 Å². The summed E-state index contributed by atoms with van der Waals surface area (Å²) in [6, 6.07) is 13.3. The Hall–Kier alpha value is -2.66. The van der Waals surface area contributed by atoms with Crippen molar-refractivity contribution in [3.63, 3.8) is 0 Å². The van der Waals surface area contributed by atoms with Crippen molar-refractivity contribution in [3.8, 4) is 11.3 Å². The van der Waals surface area contributed by atoms with Crippen LogP contribution in [-0.2, 0) is 5.60 Å². The molecule has 3 aromatic rings. The zero-order valence-corrected chi connectivity index (χ0v) is 13.2. The zero-order chi connectivity index (χ0) is 16.3. The Labute approximate surface area is 135 Å². The molecular weight excluding hydrogens is 290 g/mol. The minimum atomic E-state index is -0.995. The lowest BCUT2D eigenvalue weighted by atomic mass is 9.96. The van der Waals surface area contributed by atoms with Crippen LogP contribution in [0.1, 0.15) is 12.5 Å². The van der Waals surface area contributed by atoms with E-state index in [-0.39, 0.29) is 0 Å². The normalized spacial score (nSPS) is 13.5. The SMILES string of the molecule is CN(CC(C)(O)c1ccccc1)c1nccc(-c2ccoc2)n1. The predicted molar refractivity (Wildman–Crippen MR) is 89.0 cm³/mol. The molecular formula is C18H19N3O2. The summed E-state index contributed by atoms with van der Waals surface area (Å²) in [6.07, 6.45) is 4.96. The van der Waals surface area contributed by atoms with E-state index < -0.39 is 5.60 Å². The third kappa shape index (κ3) is 3.40. The van der Waals surface area contributed by atoms with E-state index >= 15 is 0 Å². The Morgan fingerprint density at radius 2 is 1.96 bits per heavy atom. The summed E-state index contributed by atoms with van der Waals surface area (Å²) in [5.74, 6) is 0.555. The van der Waals surface area contributed by atoms with Crippen molar-refractivity contribution in [1.82, 2.24) is 9.97 Å². The maximum Gasteiger partial charge on any atom is 0.225 e. The van der Waals surface area contributed by atoms with Gasteiger partial charge in [-0.1, -0.05) is 30.3 Å². The van der Waals surface area contributed by atoms with Crippen LogP contribution in [0.5, 0.6) is 0 Å². The predicted octanol–water partition coefficient (Wildman–Crippen LogP) is 3.08. The van der Waals surface area contributed by atoms with Gasteiger partial charge >= 0.3 is 0 Å². The first-order chi connectivity index (χ1) is 11.1. The van der Waals surface area contributed by atoms with Gasteiger partial charge in [-0.3, -0.25) is 0 Å². The fraction of sp³-hybridized carbons (Fsp3) is 0.222. The molecule has 0 aliphatic carbocycles. The lowest BCUT2D eigenvalue weighted by Gasteiger charge is -2.29. The third-order valence-electron chi connectivity index (χ3n) is 3.74. The van der Waals surface area contributed by atoms with E-state index in [4.69, 9.17) is 4.42 Å². The summed E-state index contributed by atoms with van der Waals surface area (Å²) < 4.78 is 5.09. The standard InChI is InChI=1S/C18H19N3O2/c1-18(22,15-6-4-3-5-7-15)13-21(2)17-19-10-8-16(20-17)14-9-11-23-12-14/h3-12,22H,13H2,1-2H3. The second kappa shape index (κ2) is 6.22. The molecule has 0 saturated carbocycles. The van der Waals surface area contributed by atoms with E-state index in [0.29, 0.717) is 12.5 Å². The molecule has 0 aliphatic rings. The molecule has 0 bridgehead atoms. The van der Waals surface area contributed by atoms with Crippen molar-refractivity contribution in [1.29, 1.82) is 0 Å². The molecule has 3 rings (SSSR count). The molecule has 1 N–H and O–H groups in total. The van der Waals surface area contributed by atoms with Crippen LogP contribution >= 0.6 is 0 Å². The number of benzene rings is 1. The summed E-state index contributed by atoms with van der Waals surface area (Å²) >= 11 is 0. The number of anilines is 1. The molecule has 1 unspecified atom stereocenters. The fourth-order valence-corrected chi connectivity index (χ4v) is 2.52. The maximum atomic E-state index is 10.8. The van der Waals surface area contributed by atoms with Gasteiger partial charge in [0.1, 0.15) is 5.60 Å². The number of nitrogens with zero attached hydrogens (tertiary/aromatic N) is 3. The molecule has 2 aromatic heterocycles. The van der Waals surface area contributed by atoms with Gasteiger partial charge in [0, 0.05) is 18.8 Å². The molecule has 0 saturated heterocycles. The monoisotopic (exact) mass is 309 g/mol. The van der Waals surface area contributed by atoms with Crippen LogP contribution < -0.4 is 4.90 Å². The zero-order valence-electron chi connectivity index (χ0n) is 13.2. The number of hydrogen-bond acceptors (Lipinski definition) is 5. The summed E-state index contributed by atoms with van der Waals surface area (Å²) in [7, 11) is 1.87. The van der Waals surface area contributed by atoms with Gasteiger partial charge in [-0.2, -0.15) is 0 Å². The minimum absolute atomic E-state index is 0.381. The minimum Gasteiger partial charge on any atom is -0.472 e. The van der Waals surface area contributed by atoms with Crippen LogP contribution in [0.4, 0.5) is 5.95 Å². The number of furan rings is 1. The van der Waals surface area contributed by atoms with E-state index in [1.54, 1.807) is 25.6 Å². The average Bonchev–Trinajstić information content (AvgIpc) is 3.10. The lowest BCUT2D eigenvalue weighted by molar-refractivity contribution is 0.0653. The Kier molecular flexibility index (Phi) is 4.12. The Bertz CT molecular complexity index is 755. The molecule has 0 radical (unpaired) electrons. The van der Waals surface area contributed by atoms with Crippen molar-refractivity contribution in [2.45, 2.75) is 12.5 Å².